The fraction of sp³-hybridized carbons (Fsp3) is 0.300. The molecule has 0 saturated carbocycles. The normalized spacial score (nSPS) is 12.9. The highest BCUT2D eigenvalue weighted by Crippen LogP contribution is 2.28. The number of anilines is 1. The summed E-state index contributed by atoms with van der Waals surface area (Å²) in [4.78, 5) is 50.2. The number of hydrogen-bond donors (Lipinski definition) is 1. The van der Waals surface area contributed by atoms with E-state index in [4.69, 9.17) is 4.74 Å². The quantitative estimate of drug-likeness (QED) is 0.569. The average molecular weight is 400 g/mol. The minimum absolute atomic E-state index is 0.152. The van der Waals surface area contributed by atoms with Crippen molar-refractivity contribution in [2.45, 2.75) is 26.7 Å². The fourth-order valence-electron chi connectivity index (χ4n) is 2.98. The van der Waals surface area contributed by atoms with E-state index in [1.165, 1.54) is 4.90 Å². The topological polar surface area (TPSA) is 92.8 Å². The summed E-state index contributed by atoms with van der Waals surface area (Å²) in [6.07, 6.45) is 0.505. The molecule has 146 valence electrons. The van der Waals surface area contributed by atoms with Crippen LogP contribution in [0.3, 0.4) is 0 Å². The zero-order valence-electron chi connectivity index (χ0n) is 15.6. The molecular formula is C20H20N2O5S. The van der Waals surface area contributed by atoms with Crippen LogP contribution in [0.15, 0.2) is 30.3 Å². The molecule has 1 N–H and O–H groups in total. The maximum atomic E-state index is 12.3. The second kappa shape index (κ2) is 8.35. The predicted octanol–water partition coefficient (Wildman–Crippen LogP) is 3.25. The first-order valence-corrected chi connectivity index (χ1v) is 9.76. The first-order chi connectivity index (χ1) is 13.4. The summed E-state index contributed by atoms with van der Waals surface area (Å²) in [7, 11) is 0. The van der Waals surface area contributed by atoms with Gasteiger partial charge < -0.3 is 10.1 Å². The largest absolute Gasteiger partial charge is 0.462 e. The first-order valence-electron chi connectivity index (χ1n) is 8.95. The molecule has 3 amide bonds. The van der Waals surface area contributed by atoms with E-state index in [-0.39, 0.29) is 37.3 Å². The smallest absolute Gasteiger partial charge is 0.348 e. The Morgan fingerprint density at radius 2 is 1.79 bits per heavy atom. The number of amides is 3. The third-order valence-corrected chi connectivity index (χ3v) is 5.44. The number of esters is 1. The minimum atomic E-state index is -0.406. The molecule has 1 aliphatic rings. The van der Waals surface area contributed by atoms with E-state index < -0.39 is 5.97 Å². The highest BCUT2D eigenvalue weighted by molar-refractivity contribution is 7.18. The van der Waals surface area contributed by atoms with Crippen molar-refractivity contribution in [2.24, 2.45) is 0 Å². The van der Waals surface area contributed by atoms with E-state index in [0.717, 1.165) is 16.9 Å². The number of fused-ring (bicyclic) bond motifs is 1. The molecule has 2 heterocycles. The predicted molar refractivity (Wildman–Crippen MR) is 105 cm³/mol. The number of aryl methyl sites for hydroxylation is 1. The maximum Gasteiger partial charge on any atom is 0.348 e. The van der Waals surface area contributed by atoms with Crippen LogP contribution >= 0.6 is 11.3 Å². The Hall–Kier alpha value is -3.00. The fourth-order valence-corrected chi connectivity index (χ4v) is 3.97. The van der Waals surface area contributed by atoms with Gasteiger partial charge in [-0.1, -0.05) is 12.1 Å². The van der Waals surface area contributed by atoms with Gasteiger partial charge in [-0.15, -0.1) is 11.3 Å². The molecule has 28 heavy (non-hydrogen) atoms. The molecular weight excluding hydrogens is 380 g/mol. The van der Waals surface area contributed by atoms with Crippen LogP contribution in [-0.4, -0.2) is 41.7 Å². The monoisotopic (exact) mass is 400 g/mol. The third kappa shape index (κ3) is 3.96. The third-order valence-electron chi connectivity index (χ3n) is 4.30. The van der Waals surface area contributed by atoms with E-state index in [1.807, 2.05) is 0 Å². The van der Waals surface area contributed by atoms with Crippen molar-refractivity contribution < 1.29 is 23.9 Å². The second-order valence-electron chi connectivity index (χ2n) is 6.30. The van der Waals surface area contributed by atoms with Gasteiger partial charge >= 0.3 is 5.97 Å². The van der Waals surface area contributed by atoms with E-state index in [1.54, 1.807) is 44.2 Å². The van der Waals surface area contributed by atoms with Crippen LogP contribution in [0.5, 0.6) is 0 Å². The molecule has 8 heteroatoms. The average Bonchev–Trinajstić information content (AvgIpc) is 3.14. The number of imide groups is 1. The molecule has 0 bridgehead atoms. The van der Waals surface area contributed by atoms with Gasteiger partial charge in [-0.3, -0.25) is 19.3 Å². The van der Waals surface area contributed by atoms with E-state index >= 15 is 0 Å². The van der Waals surface area contributed by atoms with Crippen LogP contribution in [-0.2, 0) is 9.53 Å². The van der Waals surface area contributed by atoms with Crippen molar-refractivity contribution >= 4 is 40.0 Å². The number of ether oxygens (including phenoxy) is 1. The van der Waals surface area contributed by atoms with Crippen molar-refractivity contribution in [3.63, 3.8) is 0 Å². The molecule has 0 spiro atoms. The molecule has 0 saturated heterocycles. The number of rotatable bonds is 7. The Bertz CT molecular complexity index is 915. The number of thiophene rings is 1. The number of benzene rings is 1. The SMILES string of the molecule is CCOC(=O)c1sc(NC(=O)CCCN2C(=O)c3ccccc3C2=O)cc1C. The van der Waals surface area contributed by atoms with Crippen LogP contribution in [0, 0.1) is 6.92 Å². The number of nitrogens with zero attached hydrogens (tertiary/aromatic N) is 1. The Kier molecular flexibility index (Phi) is 5.89. The molecule has 2 aromatic rings. The van der Waals surface area contributed by atoms with E-state index in [9.17, 15) is 19.2 Å². The molecule has 7 nitrogen and oxygen atoms in total. The van der Waals surface area contributed by atoms with Crippen molar-refractivity contribution in [1.82, 2.24) is 4.90 Å². The Morgan fingerprint density at radius 3 is 2.39 bits per heavy atom. The van der Waals surface area contributed by atoms with Gasteiger partial charge in [0.05, 0.1) is 22.7 Å². The van der Waals surface area contributed by atoms with Crippen LogP contribution in [0.4, 0.5) is 5.00 Å². The number of carbonyl (C=O) groups is 4. The summed E-state index contributed by atoms with van der Waals surface area (Å²) < 4.78 is 4.99. The zero-order valence-corrected chi connectivity index (χ0v) is 16.4. The molecule has 1 aromatic heterocycles. The lowest BCUT2D eigenvalue weighted by Crippen LogP contribution is -2.31. The summed E-state index contributed by atoms with van der Waals surface area (Å²) >= 11 is 1.16. The standard InChI is InChI=1S/C20H20N2O5S/c1-3-27-20(26)17-12(2)11-16(28-17)21-15(23)9-6-10-22-18(24)13-7-4-5-8-14(13)19(22)25/h4-5,7-8,11H,3,6,9-10H2,1-2H3,(H,21,23). The van der Waals surface area contributed by atoms with Crippen molar-refractivity contribution in [3.05, 3.63) is 51.9 Å². The van der Waals surface area contributed by atoms with Gasteiger partial charge in [0, 0.05) is 13.0 Å². The van der Waals surface area contributed by atoms with Gasteiger partial charge in [0.15, 0.2) is 0 Å². The molecule has 0 fully saturated rings. The summed E-state index contributed by atoms with van der Waals surface area (Å²) in [6.45, 7) is 3.98. The first kappa shape index (κ1) is 19.8. The maximum absolute atomic E-state index is 12.3. The summed E-state index contributed by atoms with van der Waals surface area (Å²) in [5, 5.41) is 3.31. The van der Waals surface area contributed by atoms with Gasteiger partial charge in [0.1, 0.15) is 4.88 Å². The van der Waals surface area contributed by atoms with Gasteiger partial charge in [0.2, 0.25) is 5.91 Å². The molecule has 3 rings (SSSR count). The second-order valence-corrected chi connectivity index (χ2v) is 7.35. The molecule has 1 aliphatic heterocycles. The highest BCUT2D eigenvalue weighted by atomic mass is 32.1. The lowest BCUT2D eigenvalue weighted by atomic mass is 10.1. The minimum Gasteiger partial charge on any atom is -0.462 e. The number of carbonyl (C=O) groups excluding carboxylic acids is 4. The van der Waals surface area contributed by atoms with Gasteiger partial charge in [-0.25, -0.2) is 4.79 Å². The van der Waals surface area contributed by atoms with Crippen LogP contribution in [0.1, 0.15) is 55.7 Å². The zero-order chi connectivity index (χ0) is 20.3. The van der Waals surface area contributed by atoms with Crippen molar-refractivity contribution in [2.75, 3.05) is 18.5 Å². The molecule has 0 unspecified atom stereocenters. The number of nitrogens with one attached hydrogen (secondary N) is 1. The summed E-state index contributed by atoms with van der Waals surface area (Å²) in [5.41, 5.74) is 1.54. The molecule has 0 radical (unpaired) electrons. The Balaban J connectivity index is 1.52. The lowest BCUT2D eigenvalue weighted by molar-refractivity contribution is -0.116. The molecule has 0 atom stereocenters. The van der Waals surface area contributed by atoms with Gasteiger partial charge in [0.25, 0.3) is 11.8 Å². The van der Waals surface area contributed by atoms with Crippen molar-refractivity contribution in [1.29, 1.82) is 0 Å². The number of hydrogen-bond acceptors (Lipinski definition) is 6. The van der Waals surface area contributed by atoms with Crippen molar-refractivity contribution in [3.8, 4) is 0 Å². The van der Waals surface area contributed by atoms with Gasteiger partial charge in [-0.2, -0.15) is 0 Å². The lowest BCUT2D eigenvalue weighted by Gasteiger charge is -2.13. The summed E-state index contributed by atoms with van der Waals surface area (Å²) in [5.74, 6) is -1.30. The van der Waals surface area contributed by atoms with Gasteiger partial charge in [-0.05, 0) is 44.0 Å². The molecule has 0 aliphatic carbocycles. The summed E-state index contributed by atoms with van der Waals surface area (Å²) in [6, 6.07) is 8.41. The van der Waals surface area contributed by atoms with E-state index in [2.05, 4.69) is 5.32 Å². The van der Waals surface area contributed by atoms with E-state index in [0.29, 0.717) is 27.4 Å². The van der Waals surface area contributed by atoms with Crippen LogP contribution < -0.4 is 5.32 Å². The molecule has 1 aromatic carbocycles. The highest BCUT2D eigenvalue weighted by Gasteiger charge is 2.34. The van der Waals surface area contributed by atoms with Crippen LogP contribution in [0.2, 0.25) is 0 Å². The Morgan fingerprint density at radius 1 is 1.14 bits per heavy atom. The Labute approximate surface area is 166 Å². The van der Waals surface area contributed by atoms with Crippen LogP contribution in [0.25, 0.3) is 0 Å².